The Morgan fingerprint density at radius 3 is 2.30 bits per heavy atom. The average molecular weight is 347 g/mol. The van der Waals surface area contributed by atoms with Gasteiger partial charge in [-0.05, 0) is 17.8 Å². The molecule has 0 aliphatic heterocycles. The second-order valence-corrected chi connectivity index (χ2v) is 6.79. The lowest BCUT2D eigenvalue weighted by Gasteiger charge is -2.10. The molecule has 1 rings (SSSR count). The molecule has 0 amide bonds. The third-order valence-electron chi connectivity index (χ3n) is 1.84. The van der Waals surface area contributed by atoms with Crippen LogP contribution in [0.3, 0.4) is 0 Å². The zero-order valence-electron chi connectivity index (χ0n) is 9.01. The second kappa shape index (κ2) is 5.47. The Bertz CT molecular complexity index is 712. The predicted molar refractivity (Wildman–Crippen MR) is 62.8 cm³/mol. The molecule has 0 spiro atoms. The van der Waals surface area contributed by atoms with E-state index in [4.69, 9.17) is 15.9 Å². The molecule has 0 unspecified atom stereocenters. The molecule has 0 heterocycles. The Balaban J connectivity index is 3.76. The molecule has 12 heteroatoms. The van der Waals surface area contributed by atoms with E-state index in [0.717, 1.165) is 0 Å². The van der Waals surface area contributed by atoms with Crippen LogP contribution in [0, 0.1) is 21.4 Å². The van der Waals surface area contributed by atoms with Crippen LogP contribution in [0.5, 0.6) is 0 Å². The second-order valence-electron chi connectivity index (χ2n) is 3.18. The molecule has 0 aliphatic rings. The van der Waals surface area contributed by atoms with Gasteiger partial charge in [0.2, 0.25) is 0 Å². The minimum Gasteiger partial charge on any atom is -0.258 e. The van der Waals surface area contributed by atoms with E-state index in [1.807, 2.05) is 0 Å². The molecule has 0 aliphatic carbocycles. The maximum absolute atomic E-state index is 12.4. The summed E-state index contributed by atoms with van der Waals surface area (Å²) in [6.07, 6.45) is 0. The first kappa shape index (κ1) is 16.5. The molecule has 0 aromatic heterocycles. The lowest BCUT2D eigenvalue weighted by molar-refractivity contribution is -0.388. The van der Waals surface area contributed by atoms with E-state index in [1.54, 1.807) is 0 Å². The molecule has 0 bridgehead atoms. The first-order valence-electron chi connectivity index (χ1n) is 4.38. The van der Waals surface area contributed by atoms with Crippen molar-refractivity contribution in [2.75, 3.05) is 0 Å². The van der Waals surface area contributed by atoms with Crippen molar-refractivity contribution < 1.29 is 26.5 Å². The molecule has 20 heavy (non-hydrogen) atoms. The van der Waals surface area contributed by atoms with Gasteiger partial charge in [-0.25, -0.2) is 8.42 Å². The van der Waals surface area contributed by atoms with Crippen LogP contribution in [0.4, 0.5) is 18.9 Å². The van der Waals surface area contributed by atoms with Gasteiger partial charge in [-0.3, -0.25) is 10.1 Å². The first-order chi connectivity index (χ1) is 8.95. The fourth-order valence-electron chi connectivity index (χ4n) is 1.19. The Labute approximate surface area is 118 Å². The number of nitriles is 1. The van der Waals surface area contributed by atoms with Crippen LogP contribution < -0.4 is 0 Å². The molecule has 0 fully saturated rings. The number of benzene rings is 1. The Hall–Kier alpha value is -1.51. The van der Waals surface area contributed by atoms with E-state index >= 15 is 0 Å². The van der Waals surface area contributed by atoms with Gasteiger partial charge < -0.3 is 0 Å². The summed E-state index contributed by atoms with van der Waals surface area (Å²) in [4.78, 5) is 7.19. The van der Waals surface area contributed by atoms with Crippen molar-refractivity contribution in [3.63, 3.8) is 0 Å². The van der Waals surface area contributed by atoms with E-state index in [0.29, 0.717) is 12.1 Å². The van der Waals surface area contributed by atoms with Crippen molar-refractivity contribution >= 4 is 37.2 Å². The van der Waals surface area contributed by atoms with Gasteiger partial charge in [-0.1, -0.05) is 0 Å². The fourth-order valence-corrected chi connectivity index (χ4v) is 3.37. The van der Waals surface area contributed by atoms with Crippen molar-refractivity contribution in [2.45, 2.75) is 15.3 Å². The third kappa shape index (κ3) is 3.99. The predicted octanol–water partition coefficient (Wildman–Crippen LogP) is 3.01. The summed E-state index contributed by atoms with van der Waals surface area (Å²) in [5.74, 6) is 0. The lowest BCUT2D eigenvalue weighted by atomic mass is 10.2. The van der Waals surface area contributed by atoms with Crippen molar-refractivity contribution in [1.29, 1.82) is 5.26 Å². The van der Waals surface area contributed by atoms with Crippen molar-refractivity contribution in [2.24, 2.45) is 0 Å². The lowest BCUT2D eigenvalue weighted by Crippen LogP contribution is -2.06. The summed E-state index contributed by atoms with van der Waals surface area (Å²) in [5, 5.41) is 19.4. The number of nitro groups is 1. The van der Waals surface area contributed by atoms with E-state index in [1.165, 1.54) is 6.07 Å². The van der Waals surface area contributed by atoms with Crippen LogP contribution in [-0.4, -0.2) is 18.8 Å². The number of nitro benzene ring substituents is 1. The van der Waals surface area contributed by atoms with Gasteiger partial charge in [0.25, 0.3) is 14.7 Å². The fraction of sp³-hybridized carbons (Fsp3) is 0.125. The number of alkyl halides is 3. The summed E-state index contributed by atoms with van der Waals surface area (Å²) in [5.41, 5.74) is -6.62. The summed E-state index contributed by atoms with van der Waals surface area (Å²) in [7, 11) is 0.259. The van der Waals surface area contributed by atoms with Crippen LogP contribution in [-0.2, 0) is 9.05 Å². The molecular weight excluding hydrogens is 345 g/mol. The van der Waals surface area contributed by atoms with Gasteiger partial charge in [0, 0.05) is 16.7 Å². The summed E-state index contributed by atoms with van der Waals surface area (Å²) >= 11 is -0.986. The maximum atomic E-state index is 12.4. The van der Waals surface area contributed by atoms with Crippen LogP contribution in [0.25, 0.3) is 0 Å². The standard InChI is InChI=1S/C8H2ClF3N2O4S2/c9-20(17,18)6-2-4(3-13)1-5(14(15)16)7(6)19-8(10,11)12/h1-2H. The quantitative estimate of drug-likeness (QED) is 0.361. The van der Waals surface area contributed by atoms with Crippen molar-refractivity contribution in [3.05, 3.63) is 27.8 Å². The van der Waals surface area contributed by atoms with E-state index in [2.05, 4.69) is 0 Å². The molecular formula is C8H2ClF3N2O4S2. The number of rotatable bonds is 3. The van der Waals surface area contributed by atoms with Crippen LogP contribution >= 0.6 is 22.4 Å². The number of hydrogen-bond donors (Lipinski definition) is 0. The molecule has 0 radical (unpaired) electrons. The molecule has 108 valence electrons. The smallest absolute Gasteiger partial charge is 0.258 e. The Morgan fingerprint density at radius 2 is 1.95 bits per heavy atom. The monoisotopic (exact) mass is 346 g/mol. The highest BCUT2D eigenvalue weighted by Gasteiger charge is 2.37. The first-order valence-corrected chi connectivity index (χ1v) is 7.51. The van der Waals surface area contributed by atoms with Gasteiger partial charge >= 0.3 is 5.51 Å². The zero-order chi connectivity index (χ0) is 15.7. The highest BCUT2D eigenvalue weighted by atomic mass is 35.7. The highest BCUT2D eigenvalue weighted by Crippen LogP contribution is 2.45. The summed E-state index contributed by atoms with van der Waals surface area (Å²) in [6.45, 7) is 0. The van der Waals surface area contributed by atoms with Crippen LogP contribution in [0.15, 0.2) is 21.9 Å². The van der Waals surface area contributed by atoms with Gasteiger partial charge in [0.15, 0.2) is 0 Å². The summed E-state index contributed by atoms with van der Waals surface area (Å²) < 4.78 is 59.6. The minimum absolute atomic E-state index is 0.498. The number of hydrogen-bond acceptors (Lipinski definition) is 6. The van der Waals surface area contributed by atoms with Crippen molar-refractivity contribution in [3.8, 4) is 6.07 Å². The molecule has 1 aromatic carbocycles. The number of thioether (sulfide) groups is 1. The zero-order valence-corrected chi connectivity index (χ0v) is 11.4. The SMILES string of the molecule is N#Cc1cc([N+](=O)[O-])c(SC(F)(F)F)c(S(=O)(=O)Cl)c1. The van der Waals surface area contributed by atoms with E-state index in [9.17, 15) is 31.7 Å². The normalized spacial score (nSPS) is 11.9. The third-order valence-corrected chi connectivity index (χ3v) is 4.18. The topological polar surface area (TPSA) is 101 Å². The largest absolute Gasteiger partial charge is 0.446 e. The molecule has 0 saturated carbocycles. The van der Waals surface area contributed by atoms with Crippen molar-refractivity contribution in [1.82, 2.24) is 0 Å². The van der Waals surface area contributed by atoms with Crippen LogP contribution in [0.1, 0.15) is 5.56 Å². The van der Waals surface area contributed by atoms with Gasteiger partial charge in [-0.15, -0.1) is 0 Å². The number of nitrogens with zero attached hydrogens (tertiary/aromatic N) is 2. The number of halogens is 4. The molecule has 0 N–H and O–H groups in total. The van der Waals surface area contributed by atoms with Crippen LogP contribution in [0.2, 0.25) is 0 Å². The van der Waals surface area contributed by atoms with Gasteiger partial charge in [-0.2, -0.15) is 18.4 Å². The Kier molecular flexibility index (Phi) is 4.52. The molecule has 6 nitrogen and oxygen atoms in total. The van der Waals surface area contributed by atoms with E-state index < -0.39 is 52.3 Å². The molecule has 1 aromatic rings. The average Bonchev–Trinajstić information content (AvgIpc) is 2.25. The highest BCUT2D eigenvalue weighted by molar-refractivity contribution is 8.14. The van der Waals surface area contributed by atoms with E-state index in [-0.39, 0.29) is 0 Å². The summed E-state index contributed by atoms with van der Waals surface area (Å²) in [6, 6.07) is 2.49. The maximum Gasteiger partial charge on any atom is 0.446 e. The van der Waals surface area contributed by atoms with Gasteiger partial charge in [0.05, 0.1) is 16.6 Å². The van der Waals surface area contributed by atoms with Gasteiger partial charge in [0.1, 0.15) is 9.79 Å². The molecule has 0 atom stereocenters. The minimum atomic E-state index is -4.96. The Morgan fingerprint density at radius 1 is 1.40 bits per heavy atom. The molecule has 0 saturated heterocycles.